The highest BCUT2D eigenvalue weighted by molar-refractivity contribution is 5.76. The van der Waals surface area contributed by atoms with E-state index in [1.807, 2.05) is 67.6 Å². The van der Waals surface area contributed by atoms with Crippen LogP contribution in [0.1, 0.15) is 6.92 Å². The molecule has 0 radical (unpaired) electrons. The van der Waals surface area contributed by atoms with Crippen molar-refractivity contribution in [2.75, 3.05) is 24.7 Å². The minimum absolute atomic E-state index is 0.0864. The van der Waals surface area contributed by atoms with E-state index in [-0.39, 0.29) is 19.3 Å². The predicted molar refractivity (Wildman–Crippen MR) is 115 cm³/mol. The van der Waals surface area contributed by atoms with Gasteiger partial charge in [-0.15, -0.1) is 0 Å². The zero-order chi connectivity index (χ0) is 20.5. The molecule has 5 nitrogen and oxygen atoms in total. The van der Waals surface area contributed by atoms with Crippen LogP contribution in [0.2, 0.25) is 0 Å². The van der Waals surface area contributed by atoms with Gasteiger partial charge < -0.3 is 24.6 Å². The molecule has 0 saturated carbocycles. The summed E-state index contributed by atoms with van der Waals surface area (Å²) in [6.45, 7) is 2.00. The molecule has 2 N–H and O–H groups in total. The summed E-state index contributed by atoms with van der Waals surface area (Å²) in [5.74, 6) is 0.744. The van der Waals surface area contributed by atoms with Crippen LogP contribution >= 0.6 is 0 Å². The van der Waals surface area contributed by atoms with Crippen molar-refractivity contribution in [1.29, 1.82) is 0 Å². The minimum atomic E-state index is -0.862. The highest BCUT2D eigenvalue weighted by Crippen LogP contribution is 2.34. The first-order valence-electron chi connectivity index (χ1n) is 9.71. The van der Waals surface area contributed by atoms with Crippen molar-refractivity contribution < 1.29 is 19.7 Å². The summed E-state index contributed by atoms with van der Waals surface area (Å²) in [5, 5.41) is 18.2. The number of rotatable bonds is 10. The van der Waals surface area contributed by atoms with Gasteiger partial charge in [-0.05, 0) is 55.5 Å². The van der Waals surface area contributed by atoms with E-state index in [1.165, 1.54) is 0 Å². The SMILES string of the molecule is CC(COc1ccc(N(c2ccccc2)c2ccccc2)cc1)OCC(O)CO. The smallest absolute Gasteiger partial charge is 0.119 e. The van der Waals surface area contributed by atoms with E-state index in [2.05, 4.69) is 29.2 Å². The van der Waals surface area contributed by atoms with E-state index >= 15 is 0 Å². The average Bonchev–Trinajstić information content (AvgIpc) is 2.78. The van der Waals surface area contributed by atoms with Gasteiger partial charge in [0, 0.05) is 17.1 Å². The number of ether oxygens (including phenoxy) is 2. The van der Waals surface area contributed by atoms with Gasteiger partial charge in [0.05, 0.1) is 19.3 Å². The molecule has 0 aliphatic carbocycles. The van der Waals surface area contributed by atoms with Gasteiger partial charge in [-0.1, -0.05) is 36.4 Å². The molecule has 2 unspecified atom stereocenters. The molecule has 3 aromatic carbocycles. The lowest BCUT2D eigenvalue weighted by molar-refractivity contribution is -0.0353. The van der Waals surface area contributed by atoms with E-state index in [0.717, 1.165) is 22.8 Å². The van der Waals surface area contributed by atoms with Crippen LogP contribution in [0.15, 0.2) is 84.9 Å². The Balaban J connectivity index is 1.68. The Kier molecular flexibility index (Phi) is 7.64. The molecule has 0 aromatic heterocycles. The second-order valence-corrected chi connectivity index (χ2v) is 6.79. The monoisotopic (exact) mass is 393 g/mol. The Morgan fingerprint density at radius 1 is 0.759 bits per heavy atom. The van der Waals surface area contributed by atoms with E-state index in [0.29, 0.717) is 6.61 Å². The fourth-order valence-corrected chi connectivity index (χ4v) is 2.88. The normalized spacial score (nSPS) is 12.9. The molecule has 3 aromatic rings. The molecule has 5 heteroatoms. The molecule has 2 atom stereocenters. The van der Waals surface area contributed by atoms with Crippen LogP contribution in [0.5, 0.6) is 5.75 Å². The van der Waals surface area contributed by atoms with E-state index in [1.54, 1.807) is 0 Å². The van der Waals surface area contributed by atoms with E-state index < -0.39 is 6.10 Å². The summed E-state index contributed by atoms with van der Waals surface area (Å²) in [4.78, 5) is 2.19. The van der Waals surface area contributed by atoms with Gasteiger partial charge in [0.25, 0.3) is 0 Å². The van der Waals surface area contributed by atoms with Crippen LogP contribution in [-0.2, 0) is 4.74 Å². The Morgan fingerprint density at radius 3 is 1.79 bits per heavy atom. The molecule has 152 valence electrons. The molecule has 0 amide bonds. The summed E-state index contributed by atoms with van der Waals surface area (Å²) < 4.78 is 11.2. The second kappa shape index (κ2) is 10.6. The average molecular weight is 393 g/mol. The number of para-hydroxylation sites is 2. The van der Waals surface area contributed by atoms with Gasteiger partial charge in [-0.3, -0.25) is 0 Å². The third kappa shape index (κ3) is 6.06. The first-order valence-corrected chi connectivity index (χ1v) is 9.71. The Labute approximate surface area is 171 Å². The molecular weight excluding hydrogens is 366 g/mol. The summed E-state index contributed by atoms with van der Waals surface area (Å²) in [5.41, 5.74) is 3.19. The first-order chi connectivity index (χ1) is 14.2. The molecule has 29 heavy (non-hydrogen) atoms. The second-order valence-electron chi connectivity index (χ2n) is 6.79. The lowest BCUT2D eigenvalue weighted by atomic mass is 10.2. The van der Waals surface area contributed by atoms with Crippen LogP contribution in [0, 0.1) is 0 Å². The molecule has 0 fully saturated rings. The molecule has 0 aliphatic rings. The van der Waals surface area contributed by atoms with Crippen molar-refractivity contribution in [2.45, 2.75) is 19.1 Å². The van der Waals surface area contributed by atoms with Crippen LogP contribution in [0.4, 0.5) is 17.1 Å². The standard InChI is InChI=1S/C24H27NO4/c1-19(28-18-23(27)16-26)17-29-24-14-12-22(13-15-24)25(20-8-4-2-5-9-20)21-10-6-3-7-11-21/h2-15,19,23,26-27H,16-18H2,1H3. The lowest BCUT2D eigenvalue weighted by Crippen LogP contribution is -2.26. The van der Waals surface area contributed by atoms with Gasteiger partial charge in [0.2, 0.25) is 0 Å². The number of aliphatic hydroxyl groups is 2. The van der Waals surface area contributed by atoms with Crippen LogP contribution in [0.25, 0.3) is 0 Å². The van der Waals surface area contributed by atoms with Crippen LogP contribution < -0.4 is 9.64 Å². The van der Waals surface area contributed by atoms with Gasteiger partial charge in [-0.25, -0.2) is 0 Å². The Hall–Kier alpha value is -2.86. The number of benzene rings is 3. The maximum absolute atomic E-state index is 9.34. The van der Waals surface area contributed by atoms with E-state index in [4.69, 9.17) is 14.6 Å². The van der Waals surface area contributed by atoms with E-state index in [9.17, 15) is 5.11 Å². The molecule has 3 rings (SSSR count). The highest BCUT2D eigenvalue weighted by atomic mass is 16.5. The van der Waals surface area contributed by atoms with Crippen LogP contribution in [0.3, 0.4) is 0 Å². The maximum Gasteiger partial charge on any atom is 0.119 e. The summed E-state index contributed by atoms with van der Waals surface area (Å²) in [6, 6.07) is 28.4. The van der Waals surface area contributed by atoms with Gasteiger partial charge in [0.1, 0.15) is 18.5 Å². The molecule has 0 heterocycles. The summed E-state index contributed by atoms with van der Waals surface area (Å²) in [6.07, 6.45) is -1.06. The largest absolute Gasteiger partial charge is 0.491 e. The Morgan fingerprint density at radius 2 is 1.28 bits per heavy atom. The van der Waals surface area contributed by atoms with Crippen molar-refractivity contribution in [1.82, 2.24) is 0 Å². The molecular formula is C24H27NO4. The number of aliphatic hydroxyl groups excluding tert-OH is 2. The number of hydrogen-bond donors (Lipinski definition) is 2. The topological polar surface area (TPSA) is 62.2 Å². The van der Waals surface area contributed by atoms with Crippen LogP contribution in [-0.4, -0.2) is 42.2 Å². The lowest BCUT2D eigenvalue weighted by Gasteiger charge is -2.25. The van der Waals surface area contributed by atoms with Crippen molar-refractivity contribution in [2.24, 2.45) is 0 Å². The predicted octanol–water partition coefficient (Wildman–Crippen LogP) is 4.29. The molecule has 0 aliphatic heterocycles. The van der Waals surface area contributed by atoms with Crippen molar-refractivity contribution in [3.63, 3.8) is 0 Å². The maximum atomic E-state index is 9.34. The van der Waals surface area contributed by atoms with Gasteiger partial charge >= 0.3 is 0 Å². The number of hydrogen-bond acceptors (Lipinski definition) is 5. The zero-order valence-electron chi connectivity index (χ0n) is 16.5. The van der Waals surface area contributed by atoms with Gasteiger partial charge in [-0.2, -0.15) is 0 Å². The quantitative estimate of drug-likeness (QED) is 0.538. The third-order valence-corrected chi connectivity index (χ3v) is 4.39. The molecule has 0 saturated heterocycles. The molecule has 0 bridgehead atoms. The number of anilines is 3. The Bertz CT molecular complexity index is 800. The third-order valence-electron chi connectivity index (χ3n) is 4.39. The van der Waals surface area contributed by atoms with Crippen molar-refractivity contribution in [3.05, 3.63) is 84.9 Å². The summed E-state index contributed by atoms with van der Waals surface area (Å²) >= 11 is 0. The number of nitrogens with zero attached hydrogens (tertiary/aromatic N) is 1. The molecule has 0 spiro atoms. The van der Waals surface area contributed by atoms with Gasteiger partial charge in [0.15, 0.2) is 0 Å². The highest BCUT2D eigenvalue weighted by Gasteiger charge is 2.12. The minimum Gasteiger partial charge on any atom is -0.491 e. The fourth-order valence-electron chi connectivity index (χ4n) is 2.88. The fraction of sp³-hybridized carbons (Fsp3) is 0.250. The summed E-state index contributed by atoms with van der Waals surface area (Å²) in [7, 11) is 0. The first kappa shape index (κ1) is 20.9. The zero-order valence-corrected chi connectivity index (χ0v) is 16.5. The van der Waals surface area contributed by atoms with Crippen molar-refractivity contribution in [3.8, 4) is 5.75 Å². The van der Waals surface area contributed by atoms with Crippen molar-refractivity contribution >= 4 is 17.1 Å².